The Morgan fingerprint density at radius 3 is 1.57 bits per heavy atom. The Morgan fingerprint density at radius 1 is 0.657 bits per heavy atom. The molecule has 202 valence electrons. The predicted octanol–water partition coefficient (Wildman–Crippen LogP) is 7.09. The zero-order valence-corrected chi connectivity index (χ0v) is 28.5. The Hall–Kier alpha value is -0.602. The first-order chi connectivity index (χ1) is 15.8. The van der Waals surface area contributed by atoms with E-state index in [0.29, 0.717) is 6.61 Å². The molecule has 4 atom stereocenters. The fourth-order valence-electron chi connectivity index (χ4n) is 3.57. The third-order valence-corrected chi connectivity index (χ3v) is 8.49. The maximum atomic E-state index is 6.83. The minimum atomic E-state index is -1.98. The van der Waals surface area contributed by atoms with Crippen molar-refractivity contribution in [2.24, 2.45) is 5.16 Å². The second-order valence-corrected chi connectivity index (χ2v) is 30.9. The van der Waals surface area contributed by atoms with Crippen molar-refractivity contribution in [2.75, 3.05) is 0 Å². The fraction of sp³-hybridized carbons (Fsp3) is 0.720. The molecule has 0 aliphatic carbocycles. The van der Waals surface area contributed by atoms with Crippen molar-refractivity contribution in [2.45, 2.75) is 117 Å². The lowest BCUT2D eigenvalue weighted by Gasteiger charge is -2.43. The average Bonchev–Trinajstić information content (AvgIpc) is 2.64. The van der Waals surface area contributed by atoms with Crippen LogP contribution in [0.25, 0.3) is 0 Å². The van der Waals surface area contributed by atoms with Gasteiger partial charge in [0.25, 0.3) is 0 Å². The molecule has 0 radical (unpaired) electrons. The molecular formula is C25H51NO5Si4. The van der Waals surface area contributed by atoms with E-state index in [2.05, 4.69) is 90.6 Å². The molecule has 0 amide bonds. The first kappa shape index (κ1) is 32.4. The molecule has 4 unspecified atom stereocenters. The Labute approximate surface area is 219 Å². The molecule has 0 N–H and O–H groups in total. The minimum absolute atomic E-state index is 0.138. The van der Waals surface area contributed by atoms with Crippen LogP contribution >= 0.6 is 0 Å². The summed E-state index contributed by atoms with van der Waals surface area (Å²) in [6.45, 7) is 28.9. The Morgan fingerprint density at radius 2 is 1.11 bits per heavy atom. The Kier molecular flexibility index (Phi) is 12.3. The van der Waals surface area contributed by atoms with E-state index in [1.807, 2.05) is 30.3 Å². The number of hydrogen-bond donors (Lipinski definition) is 0. The largest absolute Gasteiger partial charge is 0.412 e. The molecule has 0 aromatic heterocycles. The lowest BCUT2D eigenvalue weighted by molar-refractivity contribution is -0.0562. The van der Waals surface area contributed by atoms with Crippen LogP contribution in [0.2, 0.25) is 78.6 Å². The number of rotatable bonds is 15. The molecule has 0 aliphatic heterocycles. The van der Waals surface area contributed by atoms with Crippen LogP contribution in [-0.4, -0.2) is 63.9 Å². The SMILES string of the molecule is CC(O[Si](C)(C)C)C(O[Si](C)(C)C)C(O[Si](C)(C)C)C(C=NOCc1ccccc1)O[Si](C)(C)C. The summed E-state index contributed by atoms with van der Waals surface area (Å²) in [6, 6.07) is 10.0. The molecule has 35 heavy (non-hydrogen) atoms. The van der Waals surface area contributed by atoms with Gasteiger partial charge in [-0.1, -0.05) is 35.5 Å². The van der Waals surface area contributed by atoms with Crippen molar-refractivity contribution in [3.63, 3.8) is 0 Å². The maximum Gasteiger partial charge on any atom is 0.184 e. The van der Waals surface area contributed by atoms with Crippen molar-refractivity contribution >= 4 is 39.5 Å². The second-order valence-electron chi connectivity index (χ2n) is 13.0. The molecule has 6 nitrogen and oxygen atoms in total. The van der Waals surface area contributed by atoms with Crippen LogP contribution in [0.5, 0.6) is 0 Å². The fourth-order valence-corrected chi connectivity index (χ4v) is 8.06. The number of oxime groups is 1. The van der Waals surface area contributed by atoms with E-state index in [0.717, 1.165) is 5.56 Å². The van der Waals surface area contributed by atoms with E-state index in [1.165, 1.54) is 0 Å². The van der Waals surface area contributed by atoms with Gasteiger partial charge in [0.15, 0.2) is 33.3 Å². The molecule has 1 aromatic carbocycles. The maximum absolute atomic E-state index is 6.83. The quantitative estimate of drug-likeness (QED) is 0.131. The summed E-state index contributed by atoms with van der Waals surface area (Å²) < 4.78 is 26.8. The molecule has 0 heterocycles. The number of benzene rings is 1. The highest BCUT2D eigenvalue weighted by atomic mass is 28.4. The molecule has 0 fully saturated rings. The van der Waals surface area contributed by atoms with Crippen molar-refractivity contribution in [1.29, 1.82) is 0 Å². The summed E-state index contributed by atoms with van der Waals surface area (Å²) in [5.41, 5.74) is 1.07. The summed E-state index contributed by atoms with van der Waals surface area (Å²) in [7, 11) is -7.68. The van der Waals surface area contributed by atoms with E-state index in [9.17, 15) is 0 Å². The molecule has 0 saturated heterocycles. The molecule has 0 bridgehead atoms. The van der Waals surface area contributed by atoms with Gasteiger partial charge in [0, 0.05) is 0 Å². The van der Waals surface area contributed by atoms with Crippen molar-refractivity contribution in [1.82, 2.24) is 0 Å². The first-order valence-electron chi connectivity index (χ1n) is 12.7. The van der Waals surface area contributed by atoms with Gasteiger partial charge in [0.1, 0.15) is 18.8 Å². The molecule has 0 aliphatic rings. The molecular weight excluding hydrogens is 507 g/mol. The van der Waals surface area contributed by atoms with Gasteiger partial charge in [0.2, 0.25) is 0 Å². The van der Waals surface area contributed by atoms with Crippen LogP contribution < -0.4 is 0 Å². The van der Waals surface area contributed by atoms with E-state index in [-0.39, 0.29) is 18.3 Å². The second kappa shape index (κ2) is 13.3. The summed E-state index contributed by atoms with van der Waals surface area (Å²) in [5.74, 6) is 0. The van der Waals surface area contributed by atoms with Gasteiger partial charge in [-0.3, -0.25) is 0 Å². The number of nitrogens with zero attached hydrogens (tertiary/aromatic N) is 1. The van der Waals surface area contributed by atoms with E-state index in [4.69, 9.17) is 22.5 Å². The monoisotopic (exact) mass is 557 g/mol. The molecule has 10 heteroatoms. The van der Waals surface area contributed by atoms with Crippen LogP contribution in [0.3, 0.4) is 0 Å². The Bertz CT molecular complexity index is 767. The van der Waals surface area contributed by atoms with Gasteiger partial charge in [-0.05, 0) is 91.1 Å². The standard InChI is InChI=1S/C25H51NO5Si4/c1-21(28-32(2,3)4)24(30-34(8,9)10)25(31-35(11,12)13)23(29-33(5,6)7)19-26-27-20-22-17-15-14-16-18-22/h14-19,21,23-25H,20H2,1-13H3. The molecule has 0 spiro atoms. The van der Waals surface area contributed by atoms with Crippen molar-refractivity contribution in [3.8, 4) is 0 Å². The summed E-state index contributed by atoms with van der Waals surface area (Å²) in [4.78, 5) is 5.67. The van der Waals surface area contributed by atoms with Gasteiger partial charge in [-0.2, -0.15) is 0 Å². The average molecular weight is 558 g/mol. The normalized spacial score (nSPS) is 17.3. The van der Waals surface area contributed by atoms with Crippen LogP contribution in [0.15, 0.2) is 35.5 Å². The summed E-state index contributed by atoms with van der Waals surface area (Å²) in [6.07, 6.45) is 0.602. The topological polar surface area (TPSA) is 58.5 Å². The molecule has 1 aromatic rings. The van der Waals surface area contributed by atoms with Gasteiger partial charge >= 0.3 is 0 Å². The van der Waals surface area contributed by atoms with Gasteiger partial charge < -0.3 is 22.5 Å². The summed E-state index contributed by atoms with van der Waals surface area (Å²) >= 11 is 0. The van der Waals surface area contributed by atoms with Crippen LogP contribution in [0.1, 0.15) is 12.5 Å². The van der Waals surface area contributed by atoms with Crippen LogP contribution in [0.4, 0.5) is 0 Å². The highest BCUT2D eigenvalue weighted by Gasteiger charge is 2.42. The van der Waals surface area contributed by atoms with Crippen LogP contribution in [-0.2, 0) is 29.1 Å². The van der Waals surface area contributed by atoms with Crippen molar-refractivity contribution < 1.29 is 22.5 Å². The zero-order chi connectivity index (χ0) is 27.1. The molecule has 0 saturated carbocycles. The van der Waals surface area contributed by atoms with E-state index >= 15 is 0 Å². The molecule has 1 rings (SSSR count). The first-order valence-corrected chi connectivity index (χ1v) is 26.3. The summed E-state index contributed by atoms with van der Waals surface area (Å²) in [5, 5.41) is 4.35. The lowest BCUT2D eigenvalue weighted by atomic mass is 10.1. The van der Waals surface area contributed by atoms with Gasteiger partial charge in [0.05, 0.1) is 18.4 Å². The van der Waals surface area contributed by atoms with Gasteiger partial charge in [-0.25, -0.2) is 0 Å². The predicted molar refractivity (Wildman–Crippen MR) is 158 cm³/mol. The third kappa shape index (κ3) is 15.3. The third-order valence-electron chi connectivity index (χ3n) is 4.47. The van der Waals surface area contributed by atoms with Crippen LogP contribution in [0, 0.1) is 0 Å². The minimum Gasteiger partial charge on any atom is -0.412 e. The zero-order valence-electron chi connectivity index (χ0n) is 24.5. The van der Waals surface area contributed by atoms with E-state index < -0.39 is 39.4 Å². The van der Waals surface area contributed by atoms with Gasteiger partial charge in [-0.15, -0.1) is 0 Å². The smallest absolute Gasteiger partial charge is 0.184 e. The van der Waals surface area contributed by atoms with E-state index in [1.54, 1.807) is 6.21 Å². The highest BCUT2D eigenvalue weighted by molar-refractivity contribution is 6.71. The van der Waals surface area contributed by atoms with Crippen molar-refractivity contribution in [3.05, 3.63) is 35.9 Å². The lowest BCUT2D eigenvalue weighted by Crippen LogP contribution is -2.58. The highest BCUT2D eigenvalue weighted by Crippen LogP contribution is 2.27. The Balaban J connectivity index is 3.36. The number of hydrogen-bond acceptors (Lipinski definition) is 6.